The van der Waals surface area contributed by atoms with Gasteiger partial charge in [-0.3, -0.25) is 10.1 Å². The molecule has 2 aromatic heterocycles. The summed E-state index contributed by atoms with van der Waals surface area (Å²) in [5, 5.41) is 4.26. The van der Waals surface area contributed by atoms with Crippen LogP contribution in [0.2, 0.25) is 0 Å². The highest BCUT2D eigenvalue weighted by Crippen LogP contribution is 2.35. The number of aryl methyl sites for hydroxylation is 1. The van der Waals surface area contributed by atoms with Gasteiger partial charge in [0.15, 0.2) is 15.0 Å². The highest BCUT2D eigenvalue weighted by molar-refractivity contribution is 7.90. The highest BCUT2D eigenvalue weighted by Gasteiger charge is 2.14. The number of carbonyl (C=O) groups excluding carboxylic acids is 1. The van der Waals surface area contributed by atoms with Crippen molar-refractivity contribution in [2.45, 2.75) is 11.8 Å². The molecule has 0 aliphatic carbocycles. The lowest BCUT2D eigenvalue weighted by Crippen LogP contribution is -2.11. The fourth-order valence-electron chi connectivity index (χ4n) is 2.56. The maximum atomic E-state index is 12.4. The molecule has 9 heteroatoms. The third kappa shape index (κ3) is 3.09. The van der Waals surface area contributed by atoms with E-state index in [1.54, 1.807) is 11.3 Å². The summed E-state index contributed by atoms with van der Waals surface area (Å²) in [5.41, 5.74) is 2.11. The van der Waals surface area contributed by atoms with Crippen molar-refractivity contribution in [2.75, 3.05) is 11.6 Å². The van der Waals surface area contributed by atoms with Crippen molar-refractivity contribution in [3.63, 3.8) is 0 Å². The zero-order valence-electron chi connectivity index (χ0n) is 13.8. The van der Waals surface area contributed by atoms with Crippen LogP contribution in [-0.4, -0.2) is 30.5 Å². The summed E-state index contributed by atoms with van der Waals surface area (Å²) in [6, 6.07) is 9.65. The van der Waals surface area contributed by atoms with E-state index in [2.05, 4.69) is 15.3 Å². The van der Waals surface area contributed by atoms with Gasteiger partial charge in [-0.2, -0.15) is 0 Å². The average Bonchev–Trinajstić information content (AvgIpc) is 3.15. The van der Waals surface area contributed by atoms with E-state index in [4.69, 9.17) is 0 Å². The molecule has 0 spiro atoms. The summed E-state index contributed by atoms with van der Waals surface area (Å²) < 4.78 is 25.1. The van der Waals surface area contributed by atoms with E-state index in [1.807, 2.05) is 19.1 Å². The van der Waals surface area contributed by atoms with Crippen molar-refractivity contribution in [3.05, 3.63) is 47.0 Å². The molecular weight excluding hydrogens is 390 g/mol. The minimum atomic E-state index is -3.29. The van der Waals surface area contributed by atoms with E-state index in [9.17, 15) is 13.2 Å². The first-order chi connectivity index (χ1) is 12.3. The topological polar surface area (TPSA) is 89.0 Å². The molecule has 26 heavy (non-hydrogen) atoms. The van der Waals surface area contributed by atoms with Crippen molar-refractivity contribution < 1.29 is 13.2 Å². The van der Waals surface area contributed by atoms with Gasteiger partial charge in [-0.05, 0) is 43.3 Å². The van der Waals surface area contributed by atoms with Crippen LogP contribution in [0.5, 0.6) is 0 Å². The summed E-state index contributed by atoms with van der Waals surface area (Å²) in [4.78, 5) is 21.5. The van der Waals surface area contributed by atoms with Crippen LogP contribution in [-0.2, 0) is 9.84 Å². The summed E-state index contributed by atoms with van der Waals surface area (Å²) in [6.45, 7) is 1.96. The number of aromatic nitrogens is 2. The summed E-state index contributed by atoms with van der Waals surface area (Å²) in [5.74, 6) is -0.333. The van der Waals surface area contributed by atoms with Gasteiger partial charge in [0.05, 0.1) is 30.3 Å². The highest BCUT2D eigenvalue weighted by atomic mass is 32.2. The van der Waals surface area contributed by atoms with Gasteiger partial charge in [0.1, 0.15) is 0 Å². The van der Waals surface area contributed by atoms with E-state index in [0.717, 1.165) is 31.7 Å². The first-order valence-electron chi connectivity index (χ1n) is 7.59. The lowest BCUT2D eigenvalue weighted by atomic mass is 10.2. The fraction of sp³-hybridized carbons (Fsp3) is 0.118. The Balaban J connectivity index is 1.64. The van der Waals surface area contributed by atoms with Gasteiger partial charge in [0.2, 0.25) is 0 Å². The standard InChI is InChI=1S/C17H13N3O3S3/c1-9-18-12-7-8-13-15(14(12)24-9)25-17(19-13)20-16(21)10-3-5-11(6-4-10)26(2,22)23/h3-8H,1-2H3,(H,19,20,21). The molecule has 0 saturated heterocycles. The Hall–Kier alpha value is -2.36. The molecule has 0 bridgehead atoms. The number of hydrogen-bond acceptors (Lipinski definition) is 7. The van der Waals surface area contributed by atoms with Gasteiger partial charge in [0.25, 0.3) is 5.91 Å². The number of benzene rings is 2. The minimum absolute atomic E-state index is 0.178. The molecule has 0 radical (unpaired) electrons. The summed E-state index contributed by atoms with van der Waals surface area (Å²) in [6.07, 6.45) is 1.13. The van der Waals surface area contributed by atoms with Crippen LogP contribution in [0.3, 0.4) is 0 Å². The number of rotatable bonds is 3. The predicted octanol–water partition coefficient (Wildman–Crippen LogP) is 3.87. The number of nitrogens with one attached hydrogen (secondary N) is 1. The Morgan fingerprint density at radius 1 is 0.962 bits per heavy atom. The van der Waals surface area contributed by atoms with Crippen LogP contribution >= 0.6 is 22.7 Å². The second kappa shape index (κ2) is 6.11. The molecule has 4 rings (SSSR count). The monoisotopic (exact) mass is 403 g/mol. The molecular formula is C17H13N3O3S3. The van der Waals surface area contributed by atoms with Crippen LogP contribution < -0.4 is 5.32 Å². The first kappa shape index (κ1) is 17.1. The third-order valence-corrected chi connectivity index (χ3v) is 7.05. The van der Waals surface area contributed by atoms with Gasteiger partial charge < -0.3 is 0 Å². The molecule has 2 aromatic carbocycles. The summed E-state index contributed by atoms with van der Waals surface area (Å²) in [7, 11) is -3.29. The molecule has 0 saturated carbocycles. The molecule has 0 unspecified atom stereocenters. The van der Waals surface area contributed by atoms with Gasteiger partial charge in [0, 0.05) is 11.8 Å². The fourth-order valence-corrected chi connectivity index (χ4v) is 5.19. The second-order valence-electron chi connectivity index (χ2n) is 5.76. The Kier molecular flexibility index (Phi) is 4.02. The molecule has 0 atom stereocenters. The number of nitrogens with zero attached hydrogens (tertiary/aromatic N) is 2. The lowest BCUT2D eigenvalue weighted by molar-refractivity contribution is 0.102. The number of hydrogen-bond donors (Lipinski definition) is 1. The predicted molar refractivity (Wildman–Crippen MR) is 105 cm³/mol. The maximum absolute atomic E-state index is 12.4. The molecule has 1 N–H and O–H groups in total. The lowest BCUT2D eigenvalue weighted by Gasteiger charge is -2.03. The molecule has 0 aliphatic rings. The normalized spacial score (nSPS) is 11.9. The van der Waals surface area contributed by atoms with Crippen molar-refractivity contribution in [1.82, 2.24) is 9.97 Å². The Labute approximate surface area is 157 Å². The smallest absolute Gasteiger partial charge is 0.257 e. The number of carbonyl (C=O) groups is 1. The van der Waals surface area contributed by atoms with Crippen LogP contribution in [0.1, 0.15) is 15.4 Å². The van der Waals surface area contributed by atoms with Crippen molar-refractivity contribution in [2.24, 2.45) is 0 Å². The van der Waals surface area contributed by atoms with E-state index in [-0.39, 0.29) is 10.8 Å². The van der Waals surface area contributed by atoms with Crippen LogP contribution in [0, 0.1) is 6.92 Å². The zero-order valence-corrected chi connectivity index (χ0v) is 16.3. The van der Waals surface area contributed by atoms with Crippen LogP contribution in [0.4, 0.5) is 5.13 Å². The zero-order chi connectivity index (χ0) is 18.5. The molecule has 1 amide bonds. The third-order valence-electron chi connectivity index (χ3n) is 3.78. The number of anilines is 1. The quantitative estimate of drug-likeness (QED) is 0.561. The average molecular weight is 404 g/mol. The van der Waals surface area contributed by atoms with Crippen LogP contribution in [0.25, 0.3) is 20.4 Å². The molecule has 6 nitrogen and oxygen atoms in total. The van der Waals surface area contributed by atoms with E-state index < -0.39 is 9.84 Å². The molecule has 4 aromatic rings. The second-order valence-corrected chi connectivity index (χ2v) is 9.98. The van der Waals surface area contributed by atoms with Crippen molar-refractivity contribution in [3.8, 4) is 0 Å². The Morgan fingerprint density at radius 2 is 1.58 bits per heavy atom. The SMILES string of the molecule is Cc1nc2ccc3nc(NC(=O)c4ccc(S(C)(=O)=O)cc4)sc3c2s1. The van der Waals surface area contributed by atoms with Crippen LogP contribution in [0.15, 0.2) is 41.3 Å². The van der Waals surface area contributed by atoms with Gasteiger partial charge in [-0.15, -0.1) is 11.3 Å². The van der Waals surface area contributed by atoms with E-state index in [0.29, 0.717) is 10.7 Å². The van der Waals surface area contributed by atoms with Gasteiger partial charge in [-0.1, -0.05) is 11.3 Å². The minimum Gasteiger partial charge on any atom is -0.298 e. The molecule has 0 aliphatic heterocycles. The molecule has 2 heterocycles. The molecule has 132 valence electrons. The Morgan fingerprint density at radius 3 is 2.23 bits per heavy atom. The van der Waals surface area contributed by atoms with Crippen molar-refractivity contribution >= 4 is 64.0 Å². The largest absolute Gasteiger partial charge is 0.298 e. The summed E-state index contributed by atoms with van der Waals surface area (Å²) >= 11 is 3.01. The Bertz CT molecular complexity index is 1260. The van der Waals surface area contributed by atoms with E-state index >= 15 is 0 Å². The van der Waals surface area contributed by atoms with Crippen molar-refractivity contribution in [1.29, 1.82) is 0 Å². The van der Waals surface area contributed by atoms with Gasteiger partial charge in [-0.25, -0.2) is 18.4 Å². The molecule has 0 fully saturated rings. The maximum Gasteiger partial charge on any atom is 0.257 e. The number of thiazole rings is 2. The number of sulfone groups is 1. The van der Waals surface area contributed by atoms with Gasteiger partial charge >= 0.3 is 0 Å². The first-order valence-corrected chi connectivity index (χ1v) is 11.1. The number of amides is 1. The van der Waals surface area contributed by atoms with E-state index in [1.165, 1.54) is 35.6 Å². The number of fused-ring (bicyclic) bond motifs is 3.